The molecule has 2 aliphatic heterocycles. The summed E-state index contributed by atoms with van der Waals surface area (Å²) in [5, 5.41) is 0. The zero-order valence-corrected chi connectivity index (χ0v) is 11.3. The maximum atomic E-state index is 2.70. The largest absolute Gasteiger partial charge is 0.285 e. The van der Waals surface area contributed by atoms with Crippen molar-refractivity contribution in [3.05, 3.63) is 70.8 Å². The summed E-state index contributed by atoms with van der Waals surface area (Å²) in [6.07, 6.45) is 2.40. The van der Waals surface area contributed by atoms with Crippen LogP contribution < -0.4 is 0 Å². The Balaban J connectivity index is 1.92. The molecule has 2 atom stereocenters. The van der Waals surface area contributed by atoms with Gasteiger partial charge in [-0.1, -0.05) is 55.5 Å². The van der Waals surface area contributed by atoms with Gasteiger partial charge in [0.05, 0.1) is 6.04 Å². The van der Waals surface area contributed by atoms with Gasteiger partial charge in [-0.25, -0.2) is 0 Å². The summed E-state index contributed by atoms with van der Waals surface area (Å²) in [6, 6.07) is 19.1. The van der Waals surface area contributed by atoms with E-state index in [9.17, 15) is 0 Å². The molecule has 2 aliphatic rings. The fourth-order valence-corrected chi connectivity index (χ4v) is 3.91. The molecule has 0 saturated carbocycles. The van der Waals surface area contributed by atoms with Crippen LogP contribution >= 0.6 is 0 Å². The predicted molar refractivity (Wildman–Crippen MR) is 78.2 cm³/mol. The van der Waals surface area contributed by atoms with Crippen molar-refractivity contribution in [2.24, 2.45) is 0 Å². The number of hydrogen-bond donors (Lipinski definition) is 0. The summed E-state index contributed by atoms with van der Waals surface area (Å²) in [7, 11) is 0. The minimum atomic E-state index is 0.492. The van der Waals surface area contributed by atoms with Crippen molar-refractivity contribution >= 4 is 0 Å². The van der Waals surface area contributed by atoms with E-state index >= 15 is 0 Å². The van der Waals surface area contributed by atoms with Crippen LogP contribution in [0.5, 0.6) is 0 Å². The monoisotopic (exact) mass is 249 g/mol. The highest BCUT2D eigenvalue weighted by atomic mass is 15.2. The Hall–Kier alpha value is -1.60. The predicted octanol–water partition coefficient (Wildman–Crippen LogP) is 4.10. The fourth-order valence-electron chi connectivity index (χ4n) is 3.91. The Morgan fingerprint density at radius 1 is 0.947 bits per heavy atom. The zero-order chi connectivity index (χ0) is 12.8. The molecule has 0 aliphatic carbocycles. The SMILES string of the molecule is CCCN1C2Cc3ccccc3C1c1ccccc12. The van der Waals surface area contributed by atoms with Crippen LogP contribution in [-0.4, -0.2) is 11.4 Å². The van der Waals surface area contributed by atoms with E-state index in [1.807, 2.05) is 0 Å². The molecule has 0 N–H and O–H groups in total. The normalized spacial score (nSPS) is 24.1. The van der Waals surface area contributed by atoms with Crippen LogP contribution in [0.3, 0.4) is 0 Å². The summed E-state index contributed by atoms with van der Waals surface area (Å²) in [5.41, 5.74) is 6.15. The maximum absolute atomic E-state index is 2.70. The van der Waals surface area contributed by atoms with Gasteiger partial charge in [0.2, 0.25) is 0 Å². The van der Waals surface area contributed by atoms with Gasteiger partial charge in [-0.3, -0.25) is 4.90 Å². The standard InChI is InChI=1S/C18H19N/c1-2-11-19-17-12-13-7-3-4-8-14(13)18(19)16-10-6-5-9-15(16)17/h3-10,17-18H,2,11-12H2,1H3. The molecular weight excluding hydrogens is 230 g/mol. The smallest absolute Gasteiger partial charge is 0.0613 e. The van der Waals surface area contributed by atoms with E-state index < -0.39 is 0 Å². The van der Waals surface area contributed by atoms with E-state index in [4.69, 9.17) is 0 Å². The van der Waals surface area contributed by atoms with Crippen LogP contribution in [0.2, 0.25) is 0 Å². The van der Waals surface area contributed by atoms with Crippen LogP contribution in [0, 0.1) is 0 Å². The number of fused-ring (bicyclic) bond motifs is 7. The molecule has 0 saturated heterocycles. The molecule has 0 aromatic heterocycles. The van der Waals surface area contributed by atoms with Crippen molar-refractivity contribution in [2.75, 3.05) is 6.54 Å². The van der Waals surface area contributed by atoms with E-state index in [0.29, 0.717) is 12.1 Å². The molecule has 19 heavy (non-hydrogen) atoms. The maximum Gasteiger partial charge on any atom is 0.0613 e. The van der Waals surface area contributed by atoms with Gasteiger partial charge in [-0.15, -0.1) is 0 Å². The van der Waals surface area contributed by atoms with Crippen LogP contribution in [0.4, 0.5) is 0 Å². The molecule has 2 heterocycles. The molecule has 2 unspecified atom stereocenters. The van der Waals surface area contributed by atoms with Crippen molar-refractivity contribution in [2.45, 2.75) is 31.8 Å². The third-order valence-electron chi connectivity index (χ3n) is 4.63. The molecular formula is C18H19N. The van der Waals surface area contributed by atoms with Gasteiger partial charge in [0, 0.05) is 6.04 Å². The molecule has 0 amide bonds. The molecule has 0 radical (unpaired) electrons. The van der Waals surface area contributed by atoms with Gasteiger partial charge in [0.1, 0.15) is 0 Å². The van der Waals surface area contributed by atoms with Crippen LogP contribution in [0.1, 0.15) is 47.7 Å². The Morgan fingerprint density at radius 3 is 2.42 bits per heavy atom. The first kappa shape index (κ1) is 11.2. The number of rotatable bonds is 2. The number of nitrogens with zero attached hydrogens (tertiary/aromatic N) is 1. The minimum absolute atomic E-state index is 0.492. The lowest BCUT2D eigenvalue weighted by Crippen LogP contribution is -2.33. The zero-order valence-electron chi connectivity index (χ0n) is 11.3. The fraction of sp³-hybridized carbons (Fsp3) is 0.333. The molecule has 4 rings (SSSR count). The van der Waals surface area contributed by atoms with E-state index in [0.717, 1.165) is 0 Å². The lowest BCUT2D eigenvalue weighted by molar-refractivity contribution is 0.168. The Labute approximate surface area is 114 Å². The van der Waals surface area contributed by atoms with Gasteiger partial charge < -0.3 is 0 Å². The Morgan fingerprint density at radius 2 is 1.63 bits per heavy atom. The van der Waals surface area contributed by atoms with Crippen molar-refractivity contribution < 1.29 is 0 Å². The number of hydrogen-bond acceptors (Lipinski definition) is 1. The van der Waals surface area contributed by atoms with Crippen LogP contribution in [-0.2, 0) is 6.42 Å². The Bertz CT molecular complexity index is 606. The van der Waals surface area contributed by atoms with Crippen molar-refractivity contribution in [3.8, 4) is 0 Å². The van der Waals surface area contributed by atoms with E-state index in [2.05, 4.69) is 60.4 Å². The molecule has 0 spiro atoms. The highest BCUT2D eigenvalue weighted by Gasteiger charge is 2.42. The lowest BCUT2D eigenvalue weighted by atomic mass is 9.91. The molecule has 0 fully saturated rings. The average molecular weight is 249 g/mol. The first-order valence-corrected chi connectivity index (χ1v) is 7.32. The van der Waals surface area contributed by atoms with E-state index in [-0.39, 0.29) is 0 Å². The van der Waals surface area contributed by atoms with Gasteiger partial charge in [-0.05, 0) is 41.6 Å². The Kier molecular flexibility index (Phi) is 2.49. The summed E-state index contributed by atoms with van der Waals surface area (Å²) in [6.45, 7) is 3.48. The van der Waals surface area contributed by atoms with Crippen molar-refractivity contribution in [1.29, 1.82) is 0 Å². The third kappa shape index (κ3) is 1.51. The minimum Gasteiger partial charge on any atom is -0.285 e. The summed E-state index contributed by atoms with van der Waals surface area (Å²) >= 11 is 0. The first-order chi connectivity index (χ1) is 9.40. The average Bonchev–Trinajstić information content (AvgIpc) is 2.67. The van der Waals surface area contributed by atoms with Crippen LogP contribution in [0.25, 0.3) is 0 Å². The highest BCUT2D eigenvalue weighted by molar-refractivity contribution is 5.50. The summed E-state index contributed by atoms with van der Waals surface area (Å²) in [4.78, 5) is 2.70. The molecule has 1 heteroatoms. The molecule has 2 aromatic carbocycles. The second-order valence-corrected chi connectivity index (χ2v) is 5.69. The van der Waals surface area contributed by atoms with E-state index in [1.54, 1.807) is 11.1 Å². The lowest BCUT2D eigenvalue weighted by Gasteiger charge is -2.36. The highest BCUT2D eigenvalue weighted by Crippen LogP contribution is 2.51. The van der Waals surface area contributed by atoms with Crippen molar-refractivity contribution in [1.82, 2.24) is 4.90 Å². The molecule has 96 valence electrons. The van der Waals surface area contributed by atoms with Gasteiger partial charge >= 0.3 is 0 Å². The molecule has 2 aromatic rings. The molecule has 2 bridgehead atoms. The third-order valence-corrected chi connectivity index (χ3v) is 4.63. The van der Waals surface area contributed by atoms with Crippen LogP contribution in [0.15, 0.2) is 48.5 Å². The van der Waals surface area contributed by atoms with E-state index in [1.165, 1.54) is 30.5 Å². The van der Waals surface area contributed by atoms with Gasteiger partial charge in [0.15, 0.2) is 0 Å². The topological polar surface area (TPSA) is 3.24 Å². The van der Waals surface area contributed by atoms with Gasteiger partial charge in [0.25, 0.3) is 0 Å². The second-order valence-electron chi connectivity index (χ2n) is 5.69. The summed E-state index contributed by atoms with van der Waals surface area (Å²) in [5.74, 6) is 0. The van der Waals surface area contributed by atoms with Gasteiger partial charge in [-0.2, -0.15) is 0 Å². The molecule has 1 nitrogen and oxygen atoms in total. The quantitative estimate of drug-likeness (QED) is 0.774. The summed E-state index contributed by atoms with van der Waals surface area (Å²) < 4.78 is 0. The van der Waals surface area contributed by atoms with Crippen molar-refractivity contribution in [3.63, 3.8) is 0 Å². The number of benzene rings is 2. The first-order valence-electron chi connectivity index (χ1n) is 7.32. The second kappa shape index (κ2) is 4.21.